The van der Waals surface area contributed by atoms with Gasteiger partial charge >= 0.3 is 6.01 Å². The van der Waals surface area contributed by atoms with E-state index < -0.39 is 23.3 Å². The van der Waals surface area contributed by atoms with Crippen molar-refractivity contribution in [2.75, 3.05) is 36.9 Å². The number of rotatable bonds is 4. The molecular weight excluding hydrogens is 599 g/mol. The number of hydrogen-bond acceptors (Lipinski definition) is 9. The van der Waals surface area contributed by atoms with Gasteiger partial charge in [-0.25, -0.2) is 13.2 Å². The summed E-state index contributed by atoms with van der Waals surface area (Å²) in [5.74, 6) is -0.970. The van der Waals surface area contributed by atoms with Gasteiger partial charge in [-0.3, -0.25) is 4.90 Å². The maximum atomic E-state index is 17.0. The lowest BCUT2D eigenvalue weighted by Crippen LogP contribution is -2.58. The highest BCUT2D eigenvalue weighted by molar-refractivity contribution is 7.23. The number of thiophene rings is 1. The normalized spacial score (nSPS) is 28.8. The van der Waals surface area contributed by atoms with Crippen LogP contribution in [0.2, 0.25) is 0 Å². The molecule has 12 heteroatoms. The van der Waals surface area contributed by atoms with Crippen molar-refractivity contribution < 1.29 is 17.9 Å². The molecule has 5 atom stereocenters. The van der Waals surface area contributed by atoms with Crippen molar-refractivity contribution >= 4 is 43.1 Å². The van der Waals surface area contributed by atoms with Gasteiger partial charge in [0.05, 0.1) is 22.1 Å². The summed E-state index contributed by atoms with van der Waals surface area (Å²) in [6.07, 6.45) is 4.38. The standard InChI is InChI=1S/C33H32F3N7OS/c34-16-11-33(9-2-10-42(33)13-16)15-44-32-40-29-26-19(6-8-22-21-7-5-17(39-21)14-43(22)31(26)41-32)27(35)25(28(29)36)18-3-1-4-23-24(18)20(12-37)30(38)45-23/h1,3-4,16-17,21-22,39H,2,5-11,13-15,38H2/t16-,17-,21+,22-,33+/m1/s1. The van der Waals surface area contributed by atoms with Gasteiger partial charge in [0.15, 0.2) is 5.82 Å². The lowest BCUT2D eigenvalue weighted by atomic mass is 9.92. The highest BCUT2D eigenvalue weighted by Crippen LogP contribution is 2.47. The van der Waals surface area contributed by atoms with Gasteiger partial charge in [0.1, 0.15) is 41.0 Å². The van der Waals surface area contributed by atoms with Crippen LogP contribution in [0.15, 0.2) is 18.2 Å². The molecule has 4 aromatic rings. The molecule has 45 heavy (non-hydrogen) atoms. The van der Waals surface area contributed by atoms with E-state index in [1.165, 1.54) is 11.3 Å². The third-order valence-electron chi connectivity index (χ3n) is 11.0. The van der Waals surface area contributed by atoms with Gasteiger partial charge in [0.25, 0.3) is 0 Å². The number of ether oxygens (including phenoxy) is 1. The van der Waals surface area contributed by atoms with E-state index in [-0.39, 0.29) is 52.9 Å². The Bertz CT molecular complexity index is 1940. The number of nitriles is 1. The molecule has 8 nitrogen and oxygen atoms in total. The van der Waals surface area contributed by atoms with Gasteiger partial charge in [-0.2, -0.15) is 15.2 Å². The number of aromatic nitrogens is 2. The van der Waals surface area contributed by atoms with Crippen LogP contribution in [0.1, 0.15) is 49.7 Å². The lowest BCUT2D eigenvalue weighted by Gasteiger charge is -2.41. The molecule has 232 valence electrons. The minimum atomic E-state index is -0.911. The largest absolute Gasteiger partial charge is 0.461 e. The number of alkyl halides is 1. The van der Waals surface area contributed by atoms with Gasteiger partial charge in [-0.15, -0.1) is 11.3 Å². The first-order valence-electron chi connectivity index (χ1n) is 15.8. The number of hydrogen-bond donors (Lipinski definition) is 2. The SMILES string of the molecule is N#Cc1c(N)sc2cccc(-c3c(F)c4c5c(nc(OC[C@@]67CCCN6C[C@H](F)C7)nc5c3F)N3C[C@H]5CC[C@H](N5)[C@H]3CC4)c12. The van der Waals surface area contributed by atoms with E-state index in [4.69, 9.17) is 15.5 Å². The van der Waals surface area contributed by atoms with Crippen molar-refractivity contribution in [3.63, 3.8) is 0 Å². The van der Waals surface area contributed by atoms with E-state index in [9.17, 15) is 9.65 Å². The van der Waals surface area contributed by atoms with Crippen LogP contribution in [-0.4, -0.2) is 70.9 Å². The second-order valence-electron chi connectivity index (χ2n) is 13.3. The highest BCUT2D eigenvalue weighted by atomic mass is 32.1. The Labute approximate surface area is 262 Å². The fourth-order valence-corrected chi connectivity index (χ4v) is 9.95. The molecule has 0 radical (unpaired) electrons. The molecule has 2 aromatic heterocycles. The number of nitrogens with one attached hydrogen (secondary N) is 1. The van der Waals surface area contributed by atoms with Crippen LogP contribution in [0.5, 0.6) is 6.01 Å². The van der Waals surface area contributed by atoms with Gasteiger partial charge in [0.2, 0.25) is 0 Å². The average molecular weight is 632 g/mol. The Morgan fingerprint density at radius 3 is 2.91 bits per heavy atom. The summed E-state index contributed by atoms with van der Waals surface area (Å²) in [6, 6.07) is 7.88. The minimum absolute atomic E-state index is 0.00205. The maximum Gasteiger partial charge on any atom is 0.319 e. The van der Waals surface area contributed by atoms with Crippen LogP contribution in [0, 0.1) is 23.0 Å². The zero-order valence-corrected chi connectivity index (χ0v) is 25.4. The third kappa shape index (κ3) is 3.96. The Balaban J connectivity index is 1.25. The van der Waals surface area contributed by atoms with Crippen molar-refractivity contribution in [3.8, 4) is 23.2 Å². The summed E-state index contributed by atoms with van der Waals surface area (Å²) in [6.45, 7) is 2.10. The summed E-state index contributed by atoms with van der Waals surface area (Å²) < 4.78 is 55.4. The fraction of sp³-hybridized carbons (Fsp3) is 0.485. The number of nitrogens with zero attached hydrogens (tertiary/aromatic N) is 5. The van der Waals surface area contributed by atoms with Gasteiger partial charge in [-0.1, -0.05) is 12.1 Å². The number of halogens is 3. The second kappa shape index (κ2) is 9.92. The predicted molar refractivity (Wildman–Crippen MR) is 167 cm³/mol. The van der Waals surface area contributed by atoms with Crippen LogP contribution < -0.4 is 20.7 Å². The molecule has 3 N–H and O–H groups in total. The zero-order valence-electron chi connectivity index (χ0n) is 24.6. The van der Waals surface area contributed by atoms with Crippen LogP contribution in [0.3, 0.4) is 0 Å². The summed E-state index contributed by atoms with van der Waals surface area (Å²) in [7, 11) is 0. The van der Waals surface area contributed by atoms with Gasteiger partial charge in [0, 0.05) is 53.3 Å². The number of piperazine rings is 1. The Morgan fingerprint density at radius 1 is 1.16 bits per heavy atom. The number of aryl methyl sites for hydroxylation is 1. The fourth-order valence-electron chi connectivity index (χ4n) is 9.00. The molecule has 5 aliphatic rings. The molecule has 4 fully saturated rings. The molecule has 9 rings (SSSR count). The molecule has 0 saturated carbocycles. The molecule has 2 aromatic carbocycles. The van der Waals surface area contributed by atoms with E-state index in [1.54, 1.807) is 18.2 Å². The van der Waals surface area contributed by atoms with E-state index in [1.807, 2.05) is 0 Å². The minimum Gasteiger partial charge on any atom is -0.461 e. The summed E-state index contributed by atoms with van der Waals surface area (Å²) in [5.41, 5.74) is 6.38. The quantitative estimate of drug-likeness (QED) is 0.307. The van der Waals surface area contributed by atoms with Gasteiger partial charge in [-0.05, 0) is 56.7 Å². The zero-order chi connectivity index (χ0) is 30.6. The Morgan fingerprint density at radius 2 is 2.04 bits per heavy atom. The van der Waals surface area contributed by atoms with Crippen LogP contribution in [0.25, 0.3) is 32.1 Å². The molecule has 4 saturated heterocycles. The Hall–Kier alpha value is -3.66. The summed E-state index contributed by atoms with van der Waals surface area (Å²) in [5, 5.41) is 14.8. The van der Waals surface area contributed by atoms with Gasteiger partial charge < -0.3 is 20.7 Å². The first-order valence-corrected chi connectivity index (χ1v) is 16.6. The molecule has 7 heterocycles. The van der Waals surface area contributed by atoms with E-state index >= 15 is 8.78 Å². The third-order valence-corrected chi connectivity index (χ3v) is 11.9. The van der Waals surface area contributed by atoms with Crippen LogP contribution in [0.4, 0.5) is 24.0 Å². The Kier molecular flexibility index (Phi) is 6.09. The smallest absolute Gasteiger partial charge is 0.319 e. The van der Waals surface area contributed by atoms with E-state index in [2.05, 4.69) is 26.2 Å². The summed E-state index contributed by atoms with van der Waals surface area (Å²) in [4.78, 5) is 13.9. The average Bonchev–Trinajstić information content (AvgIpc) is 3.74. The second-order valence-corrected chi connectivity index (χ2v) is 14.4. The molecule has 0 unspecified atom stereocenters. The number of benzene rings is 2. The topological polar surface area (TPSA) is 103 Å². The number of anilines is 2. The first-order chi connectivity index (χ1) is 21.8. The predicted octanol–water partition coefficient (Wildman–Crippen LogP) is 5.45. The van der Waals surface area contributed by atoms with E-state index in [0.29, 0.717) is 64.2 Å². The number of nitrogens with two attached hydrogens (primary N) is 1. The summed E-state index contributed by atoms with van der Waals surface area (Å²) >= 11 is 1.22. The highest BCUT2D eigenvalue weighted by Gasteiger charge is 2.50. The monoisotopic (exact) mass is 631 g/mol. The molecular formula is C33H32F3N7OS. The van der Waals surface area contributed by atoms with Crippen LogP contribution >= 0.6 is 11.3 Å². The number of nitrogen functional groups attached to an aromatic ring is 1. The number of fused-ring (bicyclic) bond motifs is 7. The van der Waals surface area contributed by atoms with E-state index in [0.717, 1.165) is 32.2 Å². The molecule has 0 amide bonds. The molecule has 0 spiro atoms. The van der Waals surface area contributed by atoms with Crippen molar-refractivity contribution in [2.45, 2.75) is 74.8 Å². The first kappa shape index (κ1) is 27.6. The lowest BCUT2D eigenvalue weighted by molar-refractivity contribution is 0.107. The van der Waals surface area contributed by atoms with Crippen LogP contribution in [-0.2, 0) is 6.42 Å². The molecule has 2 bridgehead atoms. The van der Waals surface area contributed by atoms with Crippen molar-refractivity contribution in [2.24, 2.45) is 0 Å². The van der Waals surface area contributed by atoms with Crippen molar-refractivity contribution in [1.82, 2.24) is 20.2 Å². The maximum absolute atomic E-state index is 17.0. The molecule has 5 aliphatic heterocycles. The van der Waals surface area contributed by atoms with Crippen molar-refractivity contribution in [1.29, 1.82) is 5.26 Å². The molecule has 0 aliphatic carbocycles. The van der Waals surface area contributed by atoms with Crippen molar-refractivity contribution in [3.05, 3.63) is 41.0 Å².